The summed E-state index contributed by atoms with van der Waals surface area (Å²) in [5.74, 6) is 0. The van der Waals surface area contributed by atoms with Crippen molar-refractivity contribution in [2.24, 2.45) is 5.73 Å². The Morgan fingerprint density at radius 2 is 1.75 bits per heavy atom. The van der Waals surface area contributed by atoms with Crippen LogP contribution in [0, 0.1) is 0 Å². The summed E-state index contributed by atoms with van der Waals surface area (Å²) >= 11 is 0. The molecule has 0 saturated heterocycles. The molecule has 0 unspecified atom stereocenters. The van der Waals surface area contributed by atoms with Crippen molar-refractivity contribution in [2.45, 2.75) is 13.0 Å². The van der Waals surface area contributed by atoms with Gasteiger partial charge in [0.25, 0.3) is 0 Å². The highest BCUT2D eigenvalue weighted by Crippen LogP contribution is 2.06. The molecular formula is C13H22N2O. The van der Waals surface area contributed by atoms with Gasteiger partial charge in [0.1, 0.15) is 0 Å². The number of nitrogens with zero attached hydrogens (tertiary/aromatic N) is 1. The molecule has 3 nitrogen and oxygen atoms in total. The van der Waals surface area contributed by atoms with Crippen LogP contribution in [0.4, 0.5) is 0 Å². The van der Waals surface area contributed by atoms with Crippen molar-refractivity contribution in [1.29, 1.82) is 0 Å². The molecule has 0 heterocycles. The quantitative estimate of drug-likeness (QED) is 0.706. The molecule has 2 N–H and O–H groups in total. The molecule has 90 valence electrons. The lowest BCUT2D eigenvalue weighted by Gasteiger charge is -2.10. The number of likely N-dealkylation sites (N-methyl/N-ethyl adjacent to an activating group) is 1. The minimum Gasteiger partial charge on any atom is -0.375 e. The summed E-state index contributed by atoms with van der Waals surface area (Å²) in [7, 11) is 4.09. The maximum Gasteiger partial charge on any atom is 0.0717 e. The molecule has 1 aromatic carbocycles. The third-order valence-electron chi connectivity index (χ3n) is 2.41. The second-order valence-electron chi connectivity index (χ2n) is 4.21. The molecule has 0 radical (unpaired) electrons. The second-order valence-corrected chi connectivity index (χ2v) is 4.21. The topological polar surface area (TPSA) is 38.5 Å². The van der Waals surface area contributed by atoms with E-state index in [0.29, 0.717) is 13.2 Å². The fraction of sp³-hybridized carbons (Fsp3) is 0.538. The second kappa shape index (κ2) is 7.39. The van der Waals surface area contributed by atoms with E-state index in [1.165, 1.54) is 11.1 Å². The van der Waals surface area contributed by atoms with Crippen LogP contribution in [0.1, 0.15) is 11.1 Å². The molecule has 0 saturated carbocycles. The number of hydrogen-bond donors (Lipinski definition) is 1. The zero-order valence-electron chi connectivity index (χ0n) is 10.3. The van der Waals surface area contributed by atoms with Crippen LogP contribution in [0.15, 0.2) is 24.3 Å². The molecule has 16 heavy (non-hydrogen) atoms. The van der Waals surface area contributed by atoms with Gasteiger partial charge in [-0.1, -0.05) is 24.3 Å². The maximum atomic E-state index is 5.56. The fourth-order valence-corrected chi connectivity index (χ4v) is 1.41. The Hall–Kier alpha value is -0.900. The van der Waals surface area contributed by atoms with Crippen LogP contribution in [0.3, 0.4) is 0 Å². The Kier molecular flexibility index (Phi) is 6.08. The standard InChI is InChI=1S/C13H22N2O/c1-15(2)9-10-16-11-13-5-3-12(4-6-13)7-8-14/h3-6H,7-11,14H2,1-2H3. The molecular weight excluding hydrogens is 200 g/mol. The molecule has 1 rings (SSSR count). The molecule has 0 spiro atoms. The number of rotatable bonds is 7. The first-order chi connectivity index (χ1) is 7.72. The minimum atomic E-state index is 0.691. The zero-order chi connectivity index (χ0) is 11.8. The Morgan fingerprint density at radius 1 is 1.12 bits per heavy atom. The first kappa shape index (κ1) is 13.2. The van der Waals surface area contributed by atoms with E-state index < -0.39 is 0 Å². The molecule has 0 aliphatic heterocycles. The first-order valence-electron chi connectivity index (χ1n) is 5.72. The van der Waals surface area contributed by atoms with E-state index in [1.54, 1.807) is 0 Å². The normalized spacial score (nSPS) is 11.0. The molecule has 0 atom stereocenters. The van der Waals surface area contributed by atoms with Gasteiger partial charge in [-0.15, -0.1) is 0 Å². The Balaban J connectivity index is 2.26. The number of hydrogen-bond acceptors (Lipinski definition) is 3. The highest BCUT2D eigenvalue weighted by molar-refractivity contribution is 5.22. The monoisotopic (exact) mass is 222 g/mol. The van der Waals surface area contributed by atoms with Crippen LogP contribution in [0.5, 0.6) is 0 Å². The van der Waals surface area contributed by atoms with Crippen molar-refractivity contribution in [3.63, 3.8) is 0 Å². The molecule has 0 bridgehead atoms. The van der Waals surface area contributed by atoms with Crippen LogP contribution < -0.4 is 5.73 Å². The number of nitrogens with two attached hydrogens (primary N) is 1. The van der Waals surface area contributed by atoms with Gasteiger partial charge in [0.15, 0.2) is 0 Å². The molecule has 0 fully saturated rings. The van der Waals surface area contributed by atoms with Gasteiger partial charge < -0.3 is 15.4 Å². The molecule has 0 aromatic heterocycles. The summed E-state index contributed by atoms with van der Waals surface area (Å²) in [6.45, 7) is 3.14. The lowest BCUT2D eigenvalue weighted by Crippen LogP contribution is -2.17. The summed E-state index contributed by atoms with van der Waals surface area (Å²) in [4.78, 5) is 2.12. The predicted molar refractivity (Wildman–Crippen MR) is 67.4 cm³/mol. The van der Waals surface area contributed by atoms with Gasteiger partial charge in [-0.2, -0.15) is 0 Å². The summed E-state index contributed by atoms with van der Waals surface area (Å²) in [6, 6.07) is 8.47. The summed E-state index contributed by atoms with van der Waals surface area (Å²) in [5, 5.41) is 0. The van der Waals surface area contributed by atoms with Gasteiger partial charge in [-0.25, -0.2) is 0 Å². The average molecular weight is 222 g/mol. The van der Waals surface area contributed by atoms with Crippen molar-refractivity contribution >= 4 is 0 Å². The lowest BCUT2D eigenvalue weighted by molar-refractivity contribution is 0.105. The Bertz CT molecular complexity index is 282. The van der Waals surface area contributed by atoms with E-state index in [0.717, 1.165) is 19.6 Å². The van der Waals surface area contributed by atoms with E-state index in [9.17, 15) is 0 Å². The SMILES string of the molecule is CN(C)CCOCc1ccc(CCN)cc1. The van der Waals surface area contributed by atoms with Crippen LogP contribution in [0.25, 0.3) is 0 Å². The van der Waals surface area contributed by atoms with E-state index in [4.69, 9.17) is 10.5 Å². The minimum absolute atomic E-state index is 0.691. The van der Waals surface area contributed by atoms with Crippen molar-refractivity contribution < 1.29 is 4.74 Å². The van der Waals surface area contributed by atoms with E-state index >= 15 is 0 Å². The molecule has 3 heteroatoms. The van der Waals surface area contributed by atoms with Crippen LogP contribution in [-0.4, -0.2) is 38.7 Å². The predicted octanol–water partition coefficient (Wildman–Crippen LogP) is 1.27. The smallest absolute Gasteiger partial charge is 0.0717 e. The Labute approximate surface area is 98.2 Å². The van der Waals surface area contributed by atoms with Gasteiger partial charge in [0.2, 0.25) is 0 Å². The van der Waals surface area contributed by atoms with Gasteiger partial charge in [-0.3, -0.25) is 0 Å². The first-order valence-corrected chi connectivity index (χ1v) is 5.72. The van der Waals surface area contributed by atoms with Crippen LogP contribution in [0.2, 0.25) is 0 Å². The molecule has 1 aromatic rings. The highest BCUT2D eigenvalue weighted by atomic mass is 16.5. The maximum absolute atomic E-state index is 5.56. The fourth-order valence-electron chi connectivity index (χ4n) is 1.41. The van der Waals surface area contributed by atoms with Crippen molar-refractivity contribution in [3.05, 3.63) is 35.4 Å². The van der Waals surface area contributed by atoms with E-state index in [2.05, 4.69) is 29.2 Å². The van der Waals surface area contributed by atoms with Crippen molar-refractivity contribution in [2.75, 3.05) is 33.8 Å². The molecule has 0 aliphatic carbocycles. The average Bonchev–Trinajstić information content (AvgIpc) is 2.27. The van der Waals surface area contributed by atoms with Crippen molar-refractivity contribution in [3.8, 4) is 0 Å². The van der Waals surface area contributed by atoms with Crippen LogP contribution in [-0.2, 0) is 17.8 Å². The largest absolute Gasteiger partial charge is 0.375 e. The summed E-state index contributed by atoms with van der Waals surface area (Å²) in [5.41, 5.74) is 8.01. The van der Waals surface area contributed by atoms with E-state index in [1.807, 2.05) is 14.1 Å². The van der Waals surface area contributed by atoms with Crippen LogP contribution >= 0.6 is 0 Å². The highest BCUT2D eigenvalue weighted by Gasteiger charge is 1.95. The molecule has 0 amide bonds. The zero-order valence-corrected chi connectivity index (χ0v) is 10.3. The lowest BCUT2D eigenvalue weighted by atomic mass is 10.1. The Morgan fingerprint density at radius 3 is 2.31 bits per heavy atom. The van der Waals surface area contributed by atoms with Gasteiger partial charge >= 0.3 is 0 Å². The van der Waals surface area contributed by atoms with Gasteiger partial charge in [-0.05, 0) is 38.2 Å². The van der Waals surface area contributed by atoms with E-state index in [-0.39, 0.29) is 0 Å². The number of benzene rings is 1. The summed E-state index contributed by atoms with van der Waals surface area (Å²) in [6.07, 6.45) is 0.946. The third kappa shape index (κ3) is 5.26. The molecule has 0 aliphatic rings. The van der Waals surface area contributed by atoms with Crippen molar-refractivity contribution in [1.82, 2.24) is 4.90 Å². The van der Waals surface area contributed by atoms with Gasteiger partial charge in [0.05, 0.1) is 13.2 Å². The summed E-state index contributed by atoms with van der Waals surface area (Å²) < 4.78 is 5.56. The third-order valence-corrected chi connectivity index (χ3v) is 2.41. The van der Waals surface area contributed by atoms with Gasteiger partial charge in [0, 0.05) is 6.54 Å². The number of ether oxygens (including phenoxy) is 1.